The van der Waals surface area contributed by atoms with E-state index in [9.17, 15) is 4.79 Å². The zero-order valence-corrected chi connectivity index (χ0v) is 10.0. The molecule has 1 aromatic carbocycles. The molecule has 1 unspecified atom stereocenters. The fourth-order valence-corrected chi connectivity index (χ4v) is 2.05. The Morgan fingerprint density at radius 3 is 2.69 bits per heavy atom. The third-order valence-corrected chi connectivity index (χ3v) is 3.00. The summed E-state index contributed by atoms with van der Waals surface area (Å²) in [6, 6.07) is 7.77. The van der Waals surface area contributed by atoms with E-state index in [1.807, 2.05) is 31.2 Å². The molecular weight excluding hydrogens is 200 g/mol. The number of carbonyl (C=O) groups excluding carboxylic acids is 1. The SMILES string of the molecule is Cc1ccccc1C1NC(C)(C)CNC1=O. The molecule has 0 saturated carbocycles. The Kier molecular flexibility index (Phi) is 2.72. The normalized spacial score (nSPS) is 23.9. The smallest absolute Gasteiger partial charge is 0.241 e. The Labute approximate surface area is 96.2 Å². The van der Waals surface area contributed by atoms with E-state index in [4.69, 9.17) is 0 Å². The molecule has 1 fully saturated rings. The summed E-state index contributed by atoms with van der Waals surface area (Å²) in [6.07, 6.45) is 0. The highest BCUT2D eigenvalue weighted by molar-refractivity contribution is 5.84. The minimum atomic E-state index is -0.232. The summed E-state index contributed by atoms with van der Waals surface area (Å²) >= 11 is 0. The number of hydrogen-bond acceptors (Lipinski definition) is 2. The van der Waals surface area contributed by atoms with Crippen molar-refractivity contribution in [3.05, 3.63) is 35.4 Å². The van der Waals surface area contributed by atoms with E-state index in [2.05, 4.69) is 24.5 Å². The van der Waals surface area contributed by atoms with Gasteiger partial charge >= 0.3 is 0 Å². The molecule has 86 valence electrons. The van der Waals surface area contributed by atoms with Crippen LogP contribution in [0.15, 0.2) is 24.3 Å². The van der Waals surface area contributed by atoms with Crippen molar-refractivity contribution >= 4 is 5.91 Å². The van der Waals surface area contributed by atoms with Gasteiger partial charge in [0, 0.05) is 12.1 Å². The van der Waals surface area contributed by atoms with E-state index in [-0.39, 0.29) is 17.5 Å². The Morgan fingerprint density at radius 2 is 2.00 bits per heavy atom. The second kappa shape index (κ2) is 3.91. The van der Waals surface area contributed by atoms with Gasteiger partial charge in [0.25, 0.3) is 0 Å². The maximum Gasteiger partial charge on any atom is 0.241 e. The minimum Gasteiger partial charge on any atom is -0.353 e. The van der Waals surface area contributed by atoms with Crippen molar-refractivity contribution in [2.75, 3.05) is 6.54 Å². The first-order valence-electron chi connectivity index (χ1n) is 5.60. The standard InChI is InChI=1S/C13H18N2O/c1-9-6-4-5-7-10(9)11-12(16)14-8-13(2,3)15-11/h4-7,11,15H,8H2,1-3H3,(H,14,16). The van der Waals surface area contributed by atoms with Crippen LogP contribution >= 0.6 is 0 Å². The lowest BCUT2D eigenvalue weighted by Crippen LogP contribution is -2.59. The topological polar surface area (TPSA) is 41.1 Å². The number of benzene rings is 1. The zero-order valence-electron chi connectivity index (χ0n) is 10.0. The van der Waals surface area contributed by atoms with Crippen LogP contribution in [0.1, 0.15) is 31.0 Å². The van der Waals surface area contributed by atoms with Crippen molar-refractivity contribution in [3.8, 4) is 0 Å². The average Bonchev–Trinajstić information content (AvgIpc) is 2.23. The van der Waals surface area contributed by atoms with Crippen LogP contribution in [0.4, 0.5) is 0 Å². The number of nitrogens with one attached hydrogen (secondary N) is 2. The number of carbonyl (C=O) groups is 1. The highest BCUT2D eigenvalue weighted by atomic mass is 16.2. The molecular formula is C13H18N2O. The fraction of sp³-hybridized carbons (Fsp3) is 0.462. The van der Waals surface area contributed by atoms with Crippen LogP contribution in [0.5, 0.6) is 0 Å². The van der Waals surface area contributed by atoms with Gasteiger partial charge in [0.1, 0.15) is 6.04 Å². The molecule has 1 amide bonds. The number of piperazine rings is 1. The predicted molar refractivity (Wildman–Crippen MR) is 64.1 cm³/mol. The van der Waals surface area contributed by atoms with Gasteiger partial charge in [0.2, 0.25) is 5.91 Å². The number of aryl methyl sites for hydroxylation is 1. The summed E-state index contributed by atoms with van der Waals surface area (Å²) < 4.78 is 0. The van der Waals surface area contributed by atoms with Crippen molar-refractivity contribution in [1.29, 1.82) is 0 Å². The molecule has 3 nitrogen and oxygen atoms in total. The van der Waals surface area contributed by atoms with Gasteiger partial charge in [-0.1, -0.05) is 24.3 Å². The molecule has 1 heterocycles. The largest absolute Gasteiger partial charge is 0.353 e. The number of rotatable bonds is 1. The molecule has 0 radical (unpaired) electrons. The Balaban J connectivity index is 2.32. The highest BCUT2D eigenvalue weighted by Gasteiger charge is 2.33. The summed E-state index contributed by atoms with van der Waals surface area (Å²) in [5.41, 5.74) is 2.15. The van der Waals surface area contributed by atoms with E-state index < -0.39 is 0 Å². The second-order valence-corrected chi connectivity index (χ2v) is 5.04. The molecule has 0 bridgehead atoms. The minimum absolute atomic E-state index is 0.0547. The van der Waals surface area contributed by atoms with Crippen molar-refractivity contribution < 1.29 is 4.79 Å². The Hall–Kier alpha value is -1.35. The molecule has 0 aromatic heterocycles. The Morgan fingerprint density at radius 1 is 1.31 bits per heavy atom. The van der Waals surface area contributed by atoms with Crippen molar-refractivity contribution in [2.45, 2.75) is 32.4 Å². The first-order chi connectivity index (χ1) is 7.49. The zero-order chi connectivity index (χ0) is 11.8. The van der Waals surface area contributed by atoms with Crippen LogP contribution < -0.4 is 10.6 Å². The summed E-state index contributed by atoms with van der Waals surface area (Å²) in [4.78, 5) is 11.9. The molecule has 1 atom stereocenters. The van der Waals surface area contributed by atoms with Crippen LogP contribution in [-0.2, 0) is 4.79 Å². The first-order valence-corrected chi connectivity index (χ1v) is 5.60. The summed E-state index contributed by atoms with van der Waals surface area (Å²) in [5.74, 6) is 0.0635. The molecule has 1 aliphatic heterocycles. The van der Waals surface area contributed by atoms with E-state index in [0.717, 1.165) is 11.1 Å². The van der Waals surface area contributed by atoms with Gasteiger partial charge in [-0.2, -0.15) is 0 Å². The third kappa shape index (κ3) is 2.09. The maximum atomic E-state index is 11.9. The monoisotopic (exact) mass is 218 g/mol. The van der Waals surface area contributed by atoms with Gasteiger partial charge in [-0.15, -0.1) is 0 Å². The first kappa shape index (κ1) is 11.1. The third-order valence-electron chi connectivity index (χ3n) is 3.00. The van der Waals surface area contributed by atoms with E-state index in [1.54, 1.807) is 0 Å². The molecule has 3 heteroatoms. The van der Waals surface area contributed by atoms with Crippen molar-refractivity contribution in [3.63, 3.8) is 0 Å². The van der Waals surface area contributed by atoms with Gasteiger partial charge in [0.15, 0.2) is 0 Å². The molecule has 2 rings (SSSR count). The van der Waals surface area contributed by atoms with Crippen LogP contribution in [-0.4, -0.2) is 18.0 Å². The van der Waals surface area contributed by atoms with E-state index in [1.165, 1.54) is 0 Å². The molecule has 0 aliphatic carbocycles. The number of amides is 1. The lowest BCUT2D eigenvalue weighted by molar-refractivity contribution is -0.126. The van der Waals surface area contributed by atoms with Gasteiger partial charge < -0.3 is 5.32 Å². The van der Waals surface area contributed by atoms with E-state index >= 15 is 0 Å². The molecule has 2 N–H and O–H groups in total. The second-order valence-electron chi connectivity index (χ2n) is 5.04. The summed E-state index contributed by atoms with van der Waals surface area (Å²) in [6.45, 7) is 6.90. The van der Waals surface area contributed by atoms with Crippen LogP contribution in [0.3, 0.4) is 0 Å². The van der Waals surface area contributed by atoms with Crippen molar-refractivity contribution in [1.82, 2.24) is 10.6 Å². The molecule has 16 heavy (non-hydrogen) atoms. The van der Waals surface area contributed by atoms with E-state index in [0.29, 0.717) is 6.54 Å². The lowest BCUT2D eigenvalue weighted by atomic mass is 9.93. The highest BCUT2D eigenvalue weighted by Crippen LogP contribution is 2.23. The molecule has 1 aliphatic rings. The average molecular weight is 218 g/mol. The number of hydrogen-bond donors (Lipinski definition) is 2. The Bertz CT molecular complexity index is 412. The van der Waals surface area contributed by atoms with Gasteiger partial charge in [-0.25, -0.2) is 0 Å². The molecule has 0 spiro atoms. The van der Waals surface area contributed by atoms with Crippen LogP contribution in [0.2, 0.25) is 0 Å². The van der Waals surface area contributed by atoms with Gasteiger partial charge in [-0.3, -0.25) is 10.1 Å². The quantitative estimate of drug-likeness (QED) is 0.750. The van der Waals surface area contributed by atoms with Crippen LogP contribution in [0.25, 0.3) is 0 Å². The van der Waals surface area contributed by atoms with Crippen LogP contribution in [0, 0.1) is 6.92 Å². The molecule has 1 saturated heterocycles. The summed E-state index contributed by atoms with van der Waals surface area (Å²) in [7, 11) is 0. The van der Waals surface area contributed by atoms with Crippen molar-refractivity contribution in [2.24, 2.45) is 0 Å². The fourth-order valence-electron chi connectivity index (χ4n) is 2.05. The maximum absolute atomic E-state index is 11.9. The van der Waals surface area contributed by atoms with Gasteiger partial charge in [0.05, 0.1) is 0 Å². The molecule has 1 aromatic rings. The predicted octanol–water partition coefficient (Wildman–Crippen LogP) is 1.53. The lowest BCUT2D eigenvalue weighted by Gasteiger charge is -2.37. The summed E-state index contributed by atoms with van der Waals surface area (Å²) in [5, 5.41) is 6.33. The van der Waals surface area contributed by atoms with Gasteiger partial charge in [-0.05, 0) is 31.9 Å².